The summed E-state index contributed by atoms with van der Waals surface area (Å²) in [6.45, 7) is 6.52. The molecule has 1 saturated heterocycles. The van der Waals surface area contributed by atoms with E-state index >= 15 is 0 Å². The van der Waals surface area contributed by atoms with Crippen LogP contribution >= 0.6 is 11.8 Å². The molecule has 4 rings (SSSR count). The molecule has 0 aliphatic carbocycles. The lowest BCUT2D eigenvalue weighted by molar-refractivity contribution is 0.258. The Bertz CT molecular complexity index is 759. The number of nitrogens with two attached hydrogens (primary N) is 1. The Kier molecular flexibility index (Phi) is 4.91. The van der Waals surface area contributed by atoms with Crippen LogP contribution in [0.5, 0.6) is 5.75 Å². The first-order valence-electron chi connectivity index (χ1n) is 9.11. The van der Waals surface area contributed by atoms with Gasteiger partial charge in [0.15, 0.2) is 5.75 Å². The van der Waals surface area contributed by atoms with Crippen LogP contribution in [0.25, 0.3) is 0 Å². The van der Waals surface area contributed by atoms with E-state index < -0.39 is 0 Å². The van der Waals surface area contributed by atoms with Gasteiger partial charge in [0.05, 0.1) is 23.0 Å². The largest absolute Gasteiger partial charge is 0.488 e. The highest BCUT2D eigenvalue weighted by Crippen LogP contribution is 2.40. The Morgan fingerprint density at radius 3 is 2.85 bits per heavy atom. The van der Waals surface area contributed by atoms with Gasteiger partial charge in [-0.3, -0.25) is 0 Å². The van der Waals surface area contributed by atoms with Gasteiger partial charge in [-0.15, -0.1) is 0 Å². The molecule has 2 aliphatic rings. The van der Waals surface area contributed by atoms with Crippen molar-refractivity contribution in [1.29, 1.82) is 0 Å². The zero-order chi connectivity index (χ0) is 18.0. The van der Waals surface area contributed by atoms with E-state index in [9.17, 15) is 0 Å². The number of aromatic nitrogens is 2. The lowest BCUT2D eigenvalue weighted by Gasteiger charge is -2.39. The second kappa shape index (κ2) is 7.32. The summed E-state index contributed by atoms with van der Waals surface area (Å²) >= 11 is 1.59. The highest BCUT2D eigenvalue weighted by Gasteiger charge is 2.29. The van der Waals surface area contributed by atoms with E-state index in [1.165, 1.54) is 0 Å². The van der Waals surface area contributed by atoms with Crippen LogP contribution in [0.15, 0.2) is 40.5 Å². The molecule has 2 aromatic rings. The van der Waals surface area contributed by atoms with E-state index in [1.807, 2.05) is 24.5 Å². The van der Waals surface area contributed by atoms with E-state index in [0.717, 1.165) is 66.2 Å². The van der Waals surface area contributed by atoms with E-state index in [-0.39, 0.29) is 5.41 Å². The van der Waals surface area contributed by atoms with Gasteiger partial charge in [-0.2, -0.15) is 0 Å². The summed E-state index contributed by atoms with van der Waals surface area (Å²) in [6.07, 6.45) is 5.93. The van der Waals surface area contributed by atoms with Crippen molar-refractivity contribution in [2.75, 3.05) is 43.0 Å². The molecule has 0 radical (unpaired) electrons. The Labute approximate surface area is 158 Å². The summed E-state index contributed by atoms with van der Waals surface area (Å²) in [5.41, 5.74) is 7.21. The summed E-state index contributed by atoms with van der Waals surface area (Å²) in [7, 11) is 0. The first-order valence-corrected chi connectivity index (χ1v) is 9.93. The smallest absolute Gasteiger partial charge is 0.156 e. The van der Waals surface area contributed by atoms with Gasteiger partial charge in [-0.1, -0.05) is 24.8 Å². The van der Waals surface area contributed by atoms with Gasteiger partial charge >= 0.3 is 0 Å². The Balaban J connectivity index is 1.44. The third-order valence-electron chi connectivity index (χ3n) is 5.26. The second-order valence-electron chi connectivity index (χ2n) is 7.22. The summed E-state index contributed by atoms with van der Waals surface area (Å²) in [5.74, 6) is 1.85. The van der Waals surface area contributed by atoms with Crippen LogP contribution in [-0.2, 0) is 0 Å². The minimum absolute atomic E-state index is 0.264. The number of rotatable bonds is 4. The molecule has 1 aromatic carbocycles. The van der Waals surface area contributed by atoms with E-state index in [1.54, 1.807) is 11.8 Å². The number of nitrogens with one attached hydrogen (secondary N) is 1. The summed E-state index contributed by atoms with van der Waals surface area (Å²) in [6, 6.07) is 6.13. The molecule has 7 heteroatoms. The van der Waals surface area contributed by atoms with Gasteiger partial charge in [0.1, 0.15) is 17.5 Å². The maximum Gasteiger partial charge on any atom is 0.156 e. The van der Waals surface area contributed by atoms with Crippen LogP contribution in [0, 0.1) is 5.41 Å². The quantitative estimate of drug-likeness (QED) is 0.855. The van der Waals surface area contributed by atoms with E-state index in [2.05, 4.69) is 33.2 Å². The first kappa shape index (κ1) is 17.4. The average molecular weight is 372 g/mol. The predicted octanol–water partition coefficient (Wildman–Crippen LogP) is 3.00. The fraction of sp³-hybridized carbons (Fsp3) is 0.474. The van der Waals surface area contributed by atoms with Crippen molar-refractivity contribution >= 4 is 23.3 Å². The van der Waals surface area contributed by atoms with Crippen LogP contribution in [0.2, 0.25) is 0 Å². The predicted molar refractivity (Wildman–Crippen MR) is 105 cm³/mol. The van der Waals surface area contributed by atoms with Gasteiger partial charge in [-0.05, 0) is 36.9 Å². The highest BCUT2D eigenvalue weighted by atomic mass is 32.2. The van der Waals surface area contributed by atoms with Gasteiger partial charge in [0.2, 0.25) is 0 Å². The molecule has 26 heavy (non-hydrogen) atoms. The van der Waals surface area contributed by atoms with Crippen molar-refractivity contribution in [3.05, 3.63) is 30.6 Å². The van der Waals surface area contributed by atoms with Crippen LogP contribution < -0.4 is 20.7 Å². The molecule has 3 N–H and O–H groups in total. The Morgan fingerprint density at radius 2 is 2.12 bits per heavy atom. The lowest BCUT2D eigenvalue weighted by Crippen LogP contribution is -2.42. The number of piperidine rings is 1. The Hall–Kier alpha value is -1.99. The number of fused-ring (bicyclic) bond motifs is 1. The number of ether oxygens (including phenoxy) is 1. The maximum absolute atomic E-state index is 5.90. The number of benzene rings is 1. The van der Waals surface area contributed by atoms with Crippen LogP contribution in [-0.4, -0.2) is 42.8 Å². The van der Waals surface area contributed by atoms with E-state index in [4.69, 9.17) is 10.5 Å². The number of nitrogens with zero attached hydrogens (tertiary/aromatic N) is 3. The molecule has 0 spiro atoms. The zero-order valence-electron chi connectivity index (χ0n) is 15.1. The number of anilines is 2. The third kappa shape index (κ3) is 3.59. The van der Waals surface area contributed by atoms with Crippen molar-refractivity contribution in [1.82, 2.24) is 9.97 Å². The molecule has 6 nitrogen and oxygen atoms in total. The van der Waals surface area contributed by atoms with Crippen LogP contribution in [0.1, 0.15) is 19.8 Å². The van der Waals surface area contributed by atoms with Gasteiger partial charge < -0.3 is 20.7 Å². The van der Waals surface area contributed by atoms with Crippen molar-refractivity contribution in [3.63, 3.8) is 0 Å². The molecule has 0 unspecified atom stereocenters. The van der Waals surface area contributed by atoms with Crippen molar-refractivity contribution in [2.24, 2.45) is 11.1 Å². The average Bonchev–Trinajstić information content (AvgIpc) is 2.70. The lowest BCUT2D eigenvalue weighted by atomic mass is 9.80. The van der Waals surface area contributed by atoms with E-state index in [0.29, 0.717) is 6.61 Å². The van der Waals surface area contributed by atoms with Gasteiger partial charge in [0, 0.05) is 19.6 Å². The number of hydrogen-bond donors (Lipinski definition) is 2. The molecule has 138 valence electrons. The molecule has 1 aromatic heterocycles. The van der Waals surface area contributed by atoms with Crippen molar-refractivity contribution in [3.8, 4) is 5.75 Å². The fourth-order valence-electron chi connectivity index (χ4n) is 3.34. The SMILES string of the molecule is CC1(CN)CCN(c2cnc(Sc3cccc4c3OCCN4)cn2)CC1. The van der Waals surface area contributed by atoms with Crippen molar-refractivity contribution in [2.45, 2.75) is 29.7 Å². The topological polar surface area (TPSA) is 76.3 Å². The zero-order valence-corrected chi connectivity index (χ0v) is 15.9. The standard InChI is InChI=1S/C19H25N5OS/c1-19(13-20)5-8-24(9-6-19)16-11-23-17(12-22-16)26-15-4-2-3-14-18(15)25-10-7-21-14/h2-4,11-12,21H,5-10,13,20H2,1H3. The molecule has 0 saturated carbocycles. The maximum atomic E-state index is 5.90. The Morgan fingerprint density at radius 1 is 1.27 bits per heavy atom. The molecule has 0 atom stereocenters. The number of hydrogen-bond acceptors (Lipinski definition) is 7. The summed E-state index contributed by atoms with van der Waals surface area (Å²) in [5, 5.41) is 4.24. The molecular weight excluding hydrogens is 346 g/mol. The van der Waals surface area contributed by atoms with Crippen molar-refractivity contribution < 1.29 is 4.74 Å². The molecule has 0 bridgehead atoms. The van der Waals surface area contributed by atoms with Crippen LogP contribution in [0.4, 0.5) is 11.5 Å². The van der Waals surface area contributed by atoms with Gasteiger partial charge in [-0.25, -0.2) is 9.97 Å². The fourth-order valence-corrected chi connectivity index (χ4v) is 4.19. The molecule has 3 heterocycles. The normalized spacial score (nSPS) is 18.6. The highest BCUT2D eigenvalue weighted by molar-refractivity contribution is 7.99. The minimum Gasteiger partial charge on any atom is -0.488 e. The summed E-state index contributed by atoms with van der Waals surface area (Å²) in [4.78, 5) is 12.6. The van der Waals surface area contributed by atoms with Gasteiger partial charge in [0.25, 0.3) is 0 Å². The monoisotopic (exact) mass is 371 g/mol. The molecular formula is C19H25N5OS. The first-order chi connectivity index (χ1) is 12.7. The summed E-state index contributed by atoms with van der Waals surface area (Å²) < 4.78 is 5.83. The molecule has 0 amide bonds. The number of para-hydroxylation sites is 1. The third-order valence-corrected chi connectivity index (χ3v) is 6.22. The second-order valence-corrected chi connectivity index (χ2v) is 8.29. The minimum atomic E-state index is 0.264. The van der Waals surface area contributed by atoms with Crippen LogP contribution in [0.3, 0.4) is 0 Å². The molecule has 1 fully saturated rings. The molecule has 2 aliphatic heterocycles.